The van der Waals surface area contributed by atoms with Crippen LogP contribution in [0.15, 0.2) is 40.8 Å². The third-order valence-corrected chi connectivity index (χ3v) is 3.44. The zero-order chi connectivity index (χ0) is 16.2. The van der Waals surface area contributed by atoms with Crippen molar-refractivity contribution in [2.75, 3.05) is 13.7 Å². The predicted molar refractivity (Wildman–Crippen MR) is 82.5 cm³/mol. The maximum atomic E-state index is 11.3. The smallest absolute Gasteiger partial charge is 0.337 e. The van der Waals surface area contributed by atoms with Gasteiger partial charge in [0, 0.05) is 13.1 Å². The molecule has 0 bridgehead atoms. The van der Waals surface area contributed by atoms with Gasteiger partial charge in [0.2, 0.25) is 0 Å². The third kappa shape index (κ3) is 3.96. The molecular formula is C17H21NO4. The molecule has 0 fully saturated rings. The lowest BCUT2D eigenvalue weighted by Gasteiger charge is -2.21. The molecule has 1 unspecified atom stereocenters. The summed E-state index contributed by atoms with van der Waals surface area (Å²) < 4.78 is 10.1. The summed E-state index contributed by atoms with van der Waals surface area (Å²) in [6.45, 7) is 4.49. The van der Waals surface area contributed by atoms with E-state index in [1.807, 2.05) is 25.1 Å². The minimum atomic E-state index is -1.07. The maximum Gasteiger partial charge on any atom is 0.337 e. The van der Waals surface area contributed by atoms with Crippen LogP contribution in [0.3, 0.4) is 0 Å². The Bertz CT molecular complexity index is 628. The minimum absolute atomic E-state index is 0.351. The normalized spacial score (nSPS) is 13.6. The lowest BCUT2D eigenvalue weighted by atomic mass is 10.0. The van der Waals surface area contributed by atoms with Gasteiger partial charge in [-0.15, -0.1) is 0 Å². The van der Waals surface area contributed by atoms with Crippen LogP contribution in [-0.2, 0) is 16.9 Å². The molecule has 1 atom stereocenters. The highest BCUT2D eigenvalue weighted by molar-refractivity contribution is 5.89. The van der Waals surface area contributed by atoms with E-state index in [0.717, 1.165) is 11.3 Å². The number of furan rings is 1. The van der Waals surface area contributed by atoms with Crippen LogP contribution >= 0.6 is 0 Å². The second-order valence-corrected chi connectivity index (χ2v) is 5.48. The van der Waals surface area contributed by atoms with Crippen molar-refractivity contribution in [1.82, 2.24) is 5.32 Å². The fourth-order valence-electron chi connectivity index (χ4n) is 2.14. The number of carbonyl (C=O) groups excluding carboxylic acids is 1. The lowest BCUT2D eigenvalue weighted by molar-refractivity contribution is 0.0332. The molecule has 0 radical (unpaired) electrons. The summed E-state index contributed by atoms with van der Waals surface area (Å²) in [6.07, 6.45) is 0. The van der Waals surface area contributed by atoms with E-state index in [2.05, 4.69) is 10.1 Å². The first kappa shape index (κ1) is 16.3. The van der Waals surface area contributed by atoms with Crippen LogP contribution in [0.4, 0.5) is 0 Å². The molecule has 5 nitrogen and oxygen atoms in total. The lowest BCUT2D eigenvalue weighted by Crippen LogP contribution is -2.34. The molecule has 0 aliphatic rings. The van der Waals surface area contributed by atoms with Crippen LogP contribution in [0, 0.1) is 6.92 Å². The number of rotatable bonds is 6. The zero-order valence-corrected chi connectivity index (χ0v) is 13.1. The summed E-state index contributed by atoms with van der Waals surface area (Å²) in [5.41, 5.74) is 0.462. The fourth-order valence-corrected chi connectivity index (χ4v) is 2.14. The highest BCUT2D eigenvalue weighted by Gasteiger charge is 2.26. The minimum Gasteiger partial charge on any atom is -0.465 e. The van der Waals surface area contributed by atoms with Gasteiger partial charge in [0.1, 0.15) is 17.1 Å². The largest absolute Gasteiger partial charge is 0.465 e. The van der Waals surface area contributed by atoms with E-state index in [1.165, 1.54) is 7.11 Å². The maximum absolute atomic E-state index is 11.3. The Balaban J connectivity index is 1.89. The van der Waals surface area contributed by atoms with Crippen LogP contribution in [0.1, 0.15) is 34.4 Å². The molecule has 118 valence electrons. The molecule has 0 saturated carbocycles. The first-order valence-corrected chi connectivity index (χ1v) is 7.09. The van der Waals surface area contributed by atoms with Gasteiger partial charge in [-0.05, 0) is 43.7 Å². The van der Waals surface area contributed by atoms with Crippen molar-refractivity contribution in [3.8, 4) is 0 Å². The van der Waals surface area contributed by atoms with Crippen LogP contribution in [0.5, 0.6) is 0 Å². The number of hydrogen-bond acceptors (Lipinski definition) is 5. The number of esters is 1. The number of aryl methyl sites for hydroxylation is 1. The van der Waals surface area contributed by atoms with Gasteiger partial charge >= 0.3 is 5.97 Å². The Labute approximate surface area is 129 Å². The van der Waals surface area contributed by atoms with Crippen molar-refractivity contribution in [3.63, 3.8) is 0 Å². The van der Waals surface area contributed by atoms with E-state index >= 15 is 0 Å². The number of methoxy groups -OCH3 is 1. The number of ether oxygens (including phenoxy) is 1. The standard InChI is InChI=1S/C17H21NO4/c1-12-4-9-15(22-12)17(2,20)11-18-10-13-5-7-14(8-6-13)16(19)21-3/h4-9,18,20H,10-11H2,1-3H3. The summed E-state index contributed by atoms with van der Waals surface area (Å²) in [5, 5.41) is 13.6. The molecule has 1 aromatic carbocycles. The SMILES string of the molecule is COC(=O)c1ccc(CNCC(C)(O)c2ccc(C)o2)cc1. The molecule has 1 heterocycles. The van der Waals surface area contributed by atoms with Crippen LogP contribution < -0.4 is 5.32 Å². The van der Waals surface area contributed by atoms with Gasteiger partial charge in [0.25, 0.3) is 0 Å². The predicted octanol–water partition coefficient (Wildman–Crippen LogP) is 2.37. The van der Waals surface area contributed by atoms with Crippen LogP contribution in [-0.4, -0.2) is 24.7 Å². The van der Waals surface area contributed by atoms with Crippen LogP contribution in [0.25, 0.3) is 0 Å². The van der Waals surface area contributed by atoms with Crippen LogP contribution in [0.2, 0.25) is 0 Å². The van der Waals surface area contributed by atoms with Gasteiger partial charge in [-0.3, -0.25) is 0 Å². The molecular weight excluding hydrogens is 282 g/mol. The van der Waals surface area contributed by atoms with Gasteiger partial charge < -0.3 is 19.6 Å². The number of carbonyl (C=O) groups is 1. The van der Waals surface area contributed by atoms with Gasteiger partial charge in [-0.25, -0.2) is 4.79 Å². The summed E-state index contributed by atoms with van der Waals surface area (Å²) in [7, 11) is 1.36. The van der Waals surface area contributed by atoms with Gasteiger partial charge in [0.15, 0.2) is 0 Å². The highest BCUT2D eigenvalue weighted by Crippen LogP contribution is 2.22. The monoisotopic (exact) mass is 303 g/mol. The van der Waals surface area contributed by atoms with Gasteiger partial charge in [-0.2, -0.15) is 0 Å². The van der Waals surface area contributed by atoms with E-state index in [1.54, 1.807) is 25.1 Å². The van der Waals surface area contributed by atoms with E-state index in [4.69, 9.17) is 4.42 Å². The van der Waals surface area contributed by atoms with Gasteiger partial charge in [-0.1, -0.05) is 12.1 Å². The molecule has 5 heteroatoms. The number of hydrogen-bond donors (Lipinski definition) is 2. The summed E-state index contributed by atoms with van der Waals surface area (Å²) >= 11 is 0. The average molecular weight is 303 g/mol. The van der Waals surface area contributed by atoms with Gasteiger partial charge in [0.05, 0.1) is 12.7 Å². The van der Waals surface area contributed by atoms with Crippen molar-refractivity contribution in [2.45, 2.75) is 26.0 Å². The molecule has 0 aliphatic heterocycles. The Morgan fingerprint density at radius 2 is 1.95 bits per heavy atom. The summed E-state index contributed by atoms with van der Waals surface area (Å²) in [5.74, 6) is 0.961. The molecule has 2 aromatic rings. The Hall–Kier alpha value is -2.11. The first-order valence-electron chi connectivity index (χ1n) is 7.09. The van der Waals surface area contributed by atoms with E-state index in [9.17, 15) is 9.90 Å². The fraction of sp³-hybridized carbons (Fsp3) is 0.353. The van der Waals surface area contributed by atoms with Crippen molar-refractivity contribution in [1.29, 1.82) is 0 Å². The zero-order valence-electron chi connectivity index (χ0n) is 13.1. The Kier molecular flexibility index (Phi) is 5.00. The number of benzene rings is 1. The van der Waals surface area contributed by atoms with E-state index in [0.29, 0.717) is 24.4 Å². The van der Waals surface area contributed by atoms with Crippen molar-refractivity contribution in [2.24, 2.45) is 0 Å². The molecule has 2 N–H and O–H groups in total. The molecule has 0 aliphatic carbocycles. The molecule has 1 aromatic heterocycles. The van der Waals surface area contributed by atoms with Crippen molar-refractivity contribution < 1.29 is 19.1 Å². The quantitative estimate of drug-likeness (QED) is 0.802. The molecule has 2 rings (SSSR count). The first-order chi connectivity index (χ1) is 10.4. The highest BCUT2D eigenvalue weighted by atomic mass is 16.5. The second kappa shape index (κ2) is 6.77. The molecule has 0 amide bonds. The Morgan fingerprint density at radius 3 is 2.50 bits per heavy atom. The number of nitrogens with one attached hydrogen (secondary N) is 1. The third-order valence-electron chi connectivity index (χ3n) is 3.44. The van der Waals surface area contributed by atoms with Crippen molar-refractivity contribution >= 4 is 5.97 Å². The molecule has 22 heavy (non-hydrogen) atoms. The average Bonchev–Trinajstić information content (AvgIpc) is 2.94. The summed E-state index contributed by atoms with van der Waals surface area (Å²) in [4.78, 5) is 11.3. The summed E-state index contributed by atoms with van der Waals surface area (Å²) in [6, 6.07) is 10.8. The second-order valence-electron chi connectivity index (χ2n) is 5.48. The van der Waals surface area contributed by atoms with E-state index in [-0.39, 0.29) is 5.97 Å². The van der Waals surface area contributed by atoms with Crippen molar-refractivity contribution in [3.05, 3.63) is 59.0 Å². The number of aliphatic hydroxyl groups is 1. The molecule has 0 saturated heterocycles. The molecule has 0 spiro atoms. The Morgan fingerprint density at radius 1 is 1.27 bits per heavy atom. The topological polar surface area (TPSA) is 71.7 Å². The van der Waals surface area contributed by atoms with E-state index < -0.39 is 5.60 Å².